The number of para-hydroxylation sites is 1. The molecule has 1 heterocycles. The van der Waals surface area contributed by atoms with Crippen LogP contribution in [-0.2, 0) is 25.5 Å². The average molecular weight is 349 g/mol. The van der Waals surface area contributed by atoms with E-state index in [-0.39, 0.29) is 18.9 Å². The first-order valence-electron chi connectivity index (χ1n) is 7.62. The van der Waals surface area contributed by atoms with Crippen molar-refractivity contribution in [1.29, 1.82) is 0 Å². The van der Waals surface area contributed by atoms with Gasteiger partial charge in [0.15, 0.2) is 6.61 Å². The summed E-state index contributed by atoms with van der Waals surface area (Å²) in [6.45, 7) is 1.76. The maximum Gasteiger partial charge on any atom is 0.306 e. The Bertz CT molecular complexity index is 696. The van der Waals surface area contributed by atoms with Crippen molar-refractivity contribution < 1.29 is 19.1 Å². The van der Waals surface area contributed by atoms with Crippen molar-refractivity contribution in [2.24, 2.45) is 0 Å². The Balaban J connectivity index is 1.67. The second-order valence-electron chi connectivity index (χ2n) is 4.97. The number of benzene rings is 1. The Kier molecular flexibility index (Phi) is 6.68. The smallest absolute Gasteiger partial charge is 0.306 e. The van der Waals surface area contributed by atoms with Gasteiger partial charge >= 0.3 is 5.97 Å². The Morgan fingerprint density at radius 1 is 1.17 bits per heavy atom. The second-order valence-corrected chi connectivity index (χ2v) is 6.08. The first-order valence-corrected chi connectivity index (χ1v) is 8.43. The number of carbonyl (C=O) groups is 3. The number of amides is 2. The van der Waals surface area contributed by atoms with E-state index in [2.05, 4.69) is 15.6 Å². The summed E-state index contributed by atoms with van der Waals surface area (Å²) >= 11 is 1.54. The predicted octanol–water partition coefficient (Wildman–Crippen LogP) is 1.02. The summed E-state index contributed by atoms with van der Waals surface area (Å²) in [6.07, 6.45) is 0.627. The third-order valence-electron chi connectivity index (χ3n) is 3.07. The lowest BCUT2D eigenvalue weighted by atomic mass is 10.3. The molecule has 0 aliphatic rings. The molecule has 7 nitrogen and oxygen atoms in total. The van der Waals surface area contributed by atoms with E-state index in [0.29, 0.717) is 13.0 Å². The number of hydrogen-bond acceptors (Lipinski definition) is 6. The maximum absolute atomic E-state index is 11.7. The number of esters is 1. The van der Waals surface area contributed by atoms with E-state index in [0.717, 1.165) is 15.2 Å². The molecule has 1 aromatic heterocycles. The maximum atomic E-state index is 11.7. The highest BCUT2D eigenvalue weighted by atomic mass is 32.1. The molecule has 0 saturated carbocycles. The number of fused-ring (bicyclic) bond motifs is 1. The summed E-state index contributed by atoms with van der Waals surface area (Å²) in [4.78, 5) is 38.8. The molecule has 0 bridgehead atoms. The average Bonchev–Trinajstić information content (AvgIpc) is 2.99. The lowest BCUT2D eigenvalue weighted by Crippen LogP contribution is -2.38. The van der Waals surface area contributed by atoms with Crippen LogP contribution in [0.15, 0.2) is 24.3 Å². The minimum atomic E-state index is -0.505. The van der Waals surface area contributed by atoms with Gasteiger partial charge in [-0.05, 0) is 19.1 Å². The quantitative estimate of drug-likeness (QED) is 0.694. The van der Waals surface area contributed by atoms with Crippen molar-refractivity contribution in [2.75, 3.05) is 19.7 Å². The Hall–Kier alpha value is -2.48. The lowest BCUT2D eigenvalue weighted by molar-refractivity contribution is -0.148. The van der Waals surface area contributed by atoms with Crippen LogP contribution >= 0.6 is 11.3 Å². The van der Waals surface area contributed by atoms with Crippen molar-refractivity contribution in [2.45, 2.75) is 19.8 Å². The summed E-state index contributed by atoms with van der Waals surface area (Å²) in [5.41, 5.74) is 0.913. The zero-order valence-corrected chi connectivity index (χ0v) is 14.1. The summed E-state index contributed by atoms with van der Waals surface area (Å²) in [7, 11) is 0. The molecule has 0 aliphatic heterocycles. The van der Waals surface area contributed by atoms with Crippen LogP contribution in [0.5, 0.6) is 0 Å². The van der Waals surface area contributed by atoms with Crippen molar-refractivity contribution in [3.05, 3.63) is 29.3 Å². The number of ether oxygens (including phenoxy) is 1. The van der Waals surface area contributed by atoms with Crippen LogP contribution in [0.25, 0.3) is 10.2 Å². The molecule has 2 rings (SSSR count). The van der Waals surface area contributed by atoms with Crippen LogP contribution in [0, 0.1) is 0 Å². The topological polar surface area (TPSA) is 97.4 Å². The molecule has 0 radical (unpaired) electrons. The highest BCUT2D eigenvalue weighted by Gasteiger charge is 2.11. The largest absolute Gasteiger partial charge is 0.456 e. The molecule has 0 spiro atoms. The number of aryl methyl sites for hydroxylation is 1. The fourth-order valence-electron chi connectivity index (χ4n) is 1.94. The molecule has 0 atom stereocenters. The van der Waals surface area contributed by atoms with Gasteiger partial charge in [0.1, 0.15) is 0 Å². The number of rotatable bonds is 8. The second kappa shape index (κ2) is 8.97. The van der Waals surface area contributed by atoms with Crippen molar-refractivity contribution >= 4 is 39.3 Å². The predicted molar refractivity (Wildman–Crippen MR) is 90.6 cm³/mol. The minimum Gasteiger partial charge on any atom is -0.456 e. The number of thiazole rings is 1. The zero-order valence-electron chi connectivity index (χ0n) is 13.3. The fourth-order valence-corrected chi connectivity index (χ4v) is 2.91. The van der Waals surface area contributed by atoms with Gasteiger partial charge in [0.05, 0.1) is 28.2 Å². The minimum absolute atomic E-state index is 0.129. The van der Waals surface area contributed by atoms with E-state index in [9.17, 15) is 14.4 Å². The Morgan fingerprint density at radius 2 is 1.96 bits per heavy atom. The molecule has 8 heteroatoms. The zero-order chi connectivity index (χ0) is 17.4. The molecule has 0 aliphatic carbocycles. The van der Waals surface area contributed by atoms with E-state index >= 15 is 0 Å². The molecule has 0 saturated heterocycles. The van der Waals surface area contributed by atoms with Crippen LogP contribution < -0.4 is 10.6 Å². The number of nitrogens with one attached hydrogen (secondary N) is 2. The number of nitrogens with zero attached hydrogens (tertiary/aromatic N) is 1. The van der Waals surface area contributed by atoms with Gasteiger partial charge < -0.3 is 15.4 Å². The monoisotopic (exact) mass is 349 g/mol. The van der Waals surface area contributed by atoms with Gasteiger partial charge in [-0.15, -0.1) is 11.3 Å². The summed E-state index contributed by atoms with van der Waals surface area (Å²) in [6, 6.07) is 7.76. The van der Waals surface area contributed by atoms with Gasteiger partial charge in [-0.25, -0.2) is 4.98 Å². The highest BCUT2D eigenvalue weighted by molar-refractivity contribution is 7.18. The molecule has 1 aromatic carbocycles. The third-order valence-corrected chi connectivity index (χ3v) is 4.16. The summed E-state index contributed by atoms with van der Waals surface area (Å²) in [5, 5.41) is 5.78. The summed E-state index contributed by atoms with van der Waals surface area (Å²) < 4.78 is 5.96. The third kappa shape index (κ3) is 5.62. The van der Waals surface area contributed by atoms with Crippen molar-refractivity contribution in [3.8, 4) is 0 Å². The number of hydrogen-bond donors (Lipinski definition) is 2. The van der Waals surface area contributed by atoms with Gasteiger partial charge in [-0.2, -0.15) is 0 Å². The van der Waals surface area contributed by atoms with Crippen molar-refractivity contribution in [3.63, 3.8) is 0 Å². The molecular weight excluding hydrogens is 330 g/mol. The van der Waals surface area contributed by atoms with Crippen LogP contribution in [0.4, 0.5) is 0 Å². The molecule has 128 valence electrons. The van der Waals surface area contributed by atoms with E-state index in [1.54, 1.807) is 6.92 Å². The number of likely N-dealkylation sites (N-methyl/N-ethyl adjacent to an activating group) is 1. The standard InChI is InChI=1S/C16H19N3O4S/c1-2-17-13(20)9-18-14(21)10-23-16(22)8-7-15-19-11-5-3-4-6-12(11)24-15/h3-6H,2,7-10H2,1H3,(H,17,20)(H,18,21). The Labute approximate surface area is 143 Å². The van der Waals surface area contributed by atoms with Crippen LogP contribution in [0.2, 0.25) is 0 Å². The molecule has 2 amide bonds. The SMILES string of the molecule is CCNC(=O)CNC(=O)COC(=O)CCc1nc2ccccc2s1. The normalized spacial score (nSPS) is 10.4. The van der Waals surface area contributed by atoms with Crippen LogP contribution in [-0.4, -0.2) is 42.5 Å². The summed E-state index contributed by atoms with van der Waals surface area (Å²) in [5.74, 6) is -1.26. The number of carbonyl (C=O) groups excluding carboxylic acids is 3. The molecule has 24 heavy (non-hydrogen) atoms. The van der Waals surface area contributed by atoms with Crippen molar-refractivity contribution in [1.82, 2.24) is 15.6 Å². The molecule has 0 fully saturated rings. The molecular formula is C16H19N3O4S. The van der Waals surface area contributed by atoms with Gasteiger partial charge in [0, 0.05) is 13.0 Å². The number of aromatic nitrogens is 1. The molecule has 2 aromatic rings. The first-order chi connectivity index (χ1) is 11.6. The highest BCUT2D eigenvalue weighted by Crippen LogP contribution is 2.22. The first kappa shape index (κ1) is 17.9. The Morgan fingerprint density at radius 3 is 2.71 bits per heavy atom. The molecule has 0 unspecified atom stereocenters. The van der Waals surface area contributed by atoms with Crippen LogP contribution in [0.3, 0.4) is 0 Å². The van der Waals surface area contributed by atoms with E-state index in [1.807, 2.05) is 24.3 Å². The molecule has 2 N–H and O–H groups in total. The lowest BCUT2D eigenvalue weighted by Gasteiger charge is -2.06. The van der Waals surface area contributed by atoms with E-state index in [1.165, 1.54) is 11.3 Å². The van der Waals surface area contributed by atoms with Gasteiger partial charge in [-0.1, -0.05) is 12.1 Å². The fraction of sp³-hybridized carbons (Fsp3) is 0.375. The van der Waals surface area contributed by atoms with E-state index < -0.39 is 18.5 Å². The van der Waals surface area contributed by atoms with Gasteiger partial charge in [-0.3, -0.25) is 14.4 Å². The van der Waals surface area contributed by atoms with Crippen LogP contribution in [0.1, 0.15) is 18.4 Å². The van der Waals surface area contributed by atoms with Gasteiger partial charge in [0.2, 0.25) is 5.91 Å². The van der Waals surface area contributed by atoms with Gasteiger partial charge in [0.25, 0.3) is 5.91 Å². The van der Waals surface area contributed by atoms with E-state index in [4.69, 9.17) is 4.74 Å².